The molecule has 1 aromatic heterocycles. The van der Waals surface area contributed by atoms with Crippen LogP contribution in [-0.2, 0) is 0 Å². The van der Waals surface area contributed by atoms with Crippen LogP contribution in [0.4, 0.5) is 0 Å². The van der Waals surface area contributed by atoms with Crippen LogP contribution in [0.3, 0.4) is 0 Å². The van der Waals surface area contributed by atoms with E-state index in [4.69, 9.17) is 0 Å². The molecule has 0 aliphatic heterocycles. The topological polar surface area (TPSA) is 24.9 Å². The SMILES string of the molecule is CCNCC1CCCCC1c1ccc2ncccc2c1. The van der Waals surface area contributed by atoms with Crippen molar-refractivity contribution in [2.75, 3.05) is 13.1 Å². The molecule has 1 heterocycles. The van der Waals surface area contributed by atoms with E-state index in [-0.39, 0.29) is 0 Å². The van der Waals surface area contributed by atoms with Crippen LogP contribution in [0.5, 0.6) is 0 Å². The molecule has 2 nitrogen and oxygen atoms in total. The Balaban J connectivity index is 1.86. The molecule has 20 heavy (non-hydrogen) atoms. The fraction of sp³-hybridized carbons (Fsp3) is 0.500. The smallest absolute Gasteiger partial charge is 0.0702 e. The van der Waals surface area contributed by atoms with E-state index in [9.17, 15) is 0 Å². The van der Waals surface area contributed by atoms with E-state index in [1.54, 1.807) is 0 Å². The van der Waals surface area contributed by atoms with Crippen LogP contribution in [0.2, 0.25) is 0 Å². The Labute approximate surface area is 121 Å². The molecule has 2 atom stereocenters. The molecule has 1 fully saturated rings. The summed E-state index contributed by atoms with van der Waals surface area (Å²) in [5.41, 5.74) is 2.61. The lowest BCUT2D eigenvalue weighted by molar-refractivity contribution is 0.297. The van der Waals surface area contributed by atoms with E-state index < -0.39 is 0 Å². The van der Waals surface area contributed by atoms with Crippen molar-refractivity contribution in [2.24, 2.45) is 5.92 Å². The number of hydrogen-bond acceptors (Lipinski definition) is 2. The van der Waals surface area contributed by atoms with Crippen LogP contribution in [-0.4, -0.2) is 18.1 Å². The minimum absolute atomic E-state index is 0.715. The van der Waals surface area contributed by atoms with Gasteiger partial charge in [0.2, 0.25) is 0 Å². The molecule has 106 valence electrons. The van der Waals surface area contributed by atoms with Crippen molar-refractivity contribution >= 4 is 10.9 Å². The summed E-state index contributed by atoms with van der Waals surface area (Å²) in [6, 6.07) is 11.0. The van der Waals surface area contributed by atoms with Gasteiger partial charge in [-0.2, -0.15) is 0 Å². The van der Waals surface area contributed by atoms with Gasteiger partial charge in [0, 0.05) is 11.6 Å². The van der Waals surface area contributed by atoms with Crippen LogP contribution in [0.25, 0.3) is 10.9 Å². The molecule has 1 aliphatic rings. The first-order valence-corrected chi connectivity index (χ1v) is 7.94. The molecule has 0 spiro atoms. The molecule has 0 saturated heterocycles. The molecular weight excluding hydrogens is 244 g/mol. The van der Waals surface area contributed by atoms with Gasteiger partial charge in [-0.1, -0.05) is 31.9 Å². The molecule has 1 saturated carbocycles. The summed E-state index contributed by atoms with van der Waals surface area (Å²) < 4.78 is 0. The number of hydrogen-bond donors (Lipinski definition) is 1. The van der Waals surface area contributed by atoms with E-state index >= 15 is 0 Å². The average Bonchev–Trinajstić information content (AvgIpc) is 2.53. The quantitative estimate of drug-likeness (QED) is 0.902. The van der Waals surface area contributed by atoms with Crippen molar-refractivity contribution in [1.29, 1.82) is 0 Å². The third kappa shape index (κ3) is 2.85. The summed E-state index contributed by atoms with van der Waals surface area (Å²) in [7, 11) is 0. The fourth-order valence-corrected chi connectivity index (χ4v) is 3.55. The van der Waals surface area contributed by atoms with Gasteiger partial charge >= 0.3 is 0 Å². The lowest BCUT2D eigenvalue weighted by atomic mass is 9.75. The Morgan fingerprint density at radius 3 is 3.00 bits per heavy atom. The van der Waals surface area contributed by atoms with Gasteiger partial charge in [-0.15, -0.1) is 0 Å². The van der Waals surface area contributed by atoms with Crippen LogP contribution in [0, 0.1) is 5.92 Å². The standard InChI is InChI=1S/C18H24N2/c1-2-19-13-16-6-3-4-8-17(16)14-9-10-18-15(12-14)7-5-11-20-18/h5,7,9-12,16-17,19H,2-4,6,8,13H2,1H3. The van der Waals surface area contributed by atoms with Crippen molar-refractivity contribution in [3.05, 3.63) is 42.1 Å². The molecule has 2 heteroatoms. The molecule has 3 rings (SSSR count). The summed E-state index contributed by atoms with van der Waals surface area (Å²) in [6.07, 6.45) is 7.33. The van der Waals surface area contributed by atoms with E-state index in [1.807, 2.05) is 12.3 Å². The second-order valence-corrected chi connectivity index (χ2v) is 5.91. The van der Waals surface area contributed by atoms with Gasteiger partial charge in [0.15, 0.2) is 0 Å². The van der Waals surface area contributed by atoms with Crippen molar-refractivity contribution in [3.8, 4) is 0 Å². The maximum Gasteiger partial charge on any atom is 0.0702 e. The molecule has 1 N–H and O–H groups in total. The maximum absolute atomic E-state index is 4.42. The summed E-state index contributed by atoms with van der Waals surface area (Å²) in [4.78, 5) is 4.42. The predicted octanol–water partition coefficient (Wildman–Crippen LogP) is 4.12. The first-order chi connectivity index (χ1) is 9.88. The first-order valence-electron chi connectivity index (χ1n) is 7.94. The molecular formula is C18H24N2. The summed E-state index contributed by atoms with van der Waals surface area (Å²) in [5.74, 6) is 1.50. The normalized spacial score (nSPS) is 23.1. The van der Waals surface area contributed by atoms with Crippen LogP contribution in [0.15, 0.2) is 36.5 Å². The zero-order valence-electron chi connectivity index (χ0n) is 12.3. The number of fused-ring (bicyclic) bond motifs is 1. The number of nitrogens with one attached hydrogen (secondary N) is 1. The second-order valence-electron chi connectivity index (χ2n) is 5.91. The lowest BCUT2D eigenvalue weighted by Gasteiger charge is -2.32. The fourth-order valence-electron chi connectivity index (χ4n) is 3.55. The van der Waals surface area contributed by atoms with E-state index in [0.29, 0.717) is 5.92 Å². The minimum atomic E-state index is 0.715. The second kappa shape index (κ2) is 6.36. The van der Waals surface area contributed by atoms with Gasteiger partial charge in [-0.25, -0.2) is 0 Å². The van der Waals surface area contributed by atoms with Gasteiger partial charge in [0.05, 0.1) is 5.52 Å². The third-order valence-corrected chi connectivity index (χ3v) is 4.62. The van der Waals surface area contributed by atoms with Crippen molar-refractivity contribution in [1.82, 2.24) is 10.3 Å². The third-order valence-electron chi connectivity index (χ3n) is 4.62. The number of rotatable bonds is 4. The van der Waals surface area contributed by atoms with E-state index in [0.717, 1.165) is 24.5 Å². The zero-order valence-corrected chi connectivity index (χ0v) is 12.3. The predicted molar refractivity (Wildman–Crippen MR) is 85.0 cm³/mol. The molecule has 1 aliphatic carbocycles. The van der Waals surface area contributed by atoms with Gasteiger partial charge in [-0.3, -0.25) is 4.98 Å². The summed E-state index contributed by atoms with van der Waals surface area (Å²) >= 11 is 0. The Morgan fingerprint density at radius 2 is 2.10 bits per heavy atom. The first kappa shape index (κ1) is 13.6. The number of pyridine rings is 1. The zero-order chi connectivity index (χ0) is 13.8. The Morgan fingerprint density at radius 1 is 1.20 bits per heavy atom. The van der Waals surface area contributed by atoms with Gasteiger partial charge < -0.3 is 5.32 Å². The molecule has 1 aromatic carbocycles. The summed E-state index contributed by atoms with van der Waals surface area (Å²) in [5, 5.41) is 4.82. The number of benzene rings is 1. The lowest BCUT2D eigenvalue weighted by Crippen LogP contribution is -2.29. The molecule has 2 aromatic rings. The van der Waals surface area contributed by atoms with Gasteiger partial charge in [0.25, 0.3) is 0 Å². The Bertz CT molecular complexity index is 564. The highest BCUT2D eigenvalue weighted by Crippen LogP contribution is 2.38. The molecule has 0 radical (unpaired) electrons. The van der Waals surface area contributed by atoms with E-state index in [1.165, 1.54) is 36.6 Å². The number of nitrogens with zero attached hydrogens (tertiary/aromatic N) is 1. The Kier molecular flexibility index (Phi) is 4.31. The highest BCUT2D eigenvalue weighted by Gasteiger charge is 2.26. The van der Waals surface area contributed by atoms with Crippen LogP contribution in [0.1, 0.15) is 44.1 Å². The number of aromatic nitrogens is 1. The van der Waals surface area contributed by atoms with Crippen molar-refractivity contribution < 1.29 is 0 Å². The maximum atomic E-state index is 4.42. The van der Waals surface area contributed by atoms with Gasteiger partial charge in [0.1, 0.15) is 0 Å². The monoisotopic (exact) mass is 268 g/mol. The largest absolute Gasteiger partial charge is 0.317 e. The average molecular weight is 268 g/mol. The van der Waals surface area contributed by atoms with Crippen LogP contribution < -0.4 is 5.32 Å². The summed E-state index contributed by atoms with van der Waals surface area (Å²) in [6.45, 7) is 4.43. The molecule has 0 amide bonds. The highest BCUT2D eigenvalue weighted by molar-refractivity contribution is 5.79. The van der Waals surface area contributed by atoms with Crippen LogP contribution >= 0.6 is 0 Å². The van der Waals surface area contributed by atoms with Crippen molar-refractivity contribution in [2.45, 2.75) is 38.5 Å². The van der Waals surface area contributed by atoms with E-state index in [2.05, 4.69) is 41.5 Å². The molecule has 0 bridgehead atoms. The van der Waals surface area contributed by atoms with Crippen molar-refractivity contribution in [3.63, 3.8) is 0 Å². The Hall–Kier alpha value is -1.41. The minimum Gasteiger partial charge on any atom is -0.317 e. The molecule has 2 unspecified atom stereocenters. The van der Waals surface area contributed by atoms with Gasteiger partial charge in [-0.05, 0) is 61.5 Å². The highest BCUT2D eigenvalue weighted by atomic mass is 14.8.